The first-order valence-corrected chi connectivity index (χ1v) is 4.86. The minimum absolute atomic E-state index is 0.103. The fourth-order valence-electron chi connectivity index (χ4n) is 1.02. The lowest BCUT2D eigenvalue weighted by molar-refractivity contribution is -0.140. The second-order valence-corrected chi connectivity index (χ2v) is 3.24. The Balaban J connectivity index is 2.59. The van der Waals surface area contributed by atoms with Crippen molar-refractivity contribution in [2.75, 3.05) is 11.9 Å². The van der Waals surface area contributed by atoms with Crippen LogP contribution in [0, 0.1) is 0 Å². The highest BCUT2D eigenvalue weighted by molar-refractivity contribution is 5.84. The number of aromatic nitrogens is 2. The second kappa shape index (κ2) is 5.69. The predicted octanol–water partition coefficient (Wildman–Crippen LogP) is 1.26. The van der Waals surface area contributed by atoms with Gasteiger partial charge in [-0.3, -0.25) is 10.00 Å². The van der Waals surface area contributed by atoms with Crippen LogP contribution in [0.2, 0.25) is 0 Å². The summed E-state index contributed by atoms with van der Waals surface area (Å²) in [5.74, 6) is -1.01. The zero-order valence-electron chi connectivity index (χ0n) is 9.29. The number of carbonyl (C=O) groups excluding carboxylic acids is 1. The minimum Gasteiger partial charge on any atom is -0.480 e. The molecule has 0 aliphatic heterocycles. The highest BCUT2D eigenvalue weighted by Gasteiger charge is 2.14. The molecular weight excluding hydrogens is 226 g/mol. The van der Waals surface area contributed by atoms with E-state index in [0.29, 0.717) is 5.69 Å². The van der Waals surface area contributed by atoms with Gasteiger partial charge in [0.15, 0.2) is 0 Å². The first kappa shape index (κ1) is 12.8. The van der Waals surface area contributed by atoms with Crippen molar-refractivity contribution in [3.8, 4) is 0 Å². The van der Waals surface area contributed by atoms with E-state index in [4.69, 9.17) is 9.84 Å². The van der Waals surface area contributed by atoms with Crippen LogP contribution in [0.3, 0.4) is 0 Å². The van der Waals surface area contributed by atoms with Gasteiger partial charge < -0.3 is 9.84 Å². The van der Waals surface area contributed by atoms with Gasteiger partial charge >= 0.3 is 12.1 Å². The molecule has 7 nitrogen and oxygen atoms in total. The molecule has 0 spiro atoms. The van der Waals surface area contributed by atoms with Gasteiger partial charge in [0, 0.05) is 6.20 Å². The SMILES string of the molecule is C=CCOC(=O)Nc1cnn(C(C)C(=O)O)c1. The van der Waals surface area contributed by atoms with Crippen LogP contribution in [-0.2, 0) is 9.53 Å². The molecule has 1 rings (SSSR count). The Labute approximate surface area is 97.7 Å². The van der Waals surface area contributed by atoms with Crippen molar-refractivity contribution in [2.24, 2.45) is 0 Å². The molecule has 0 aliphatic carbocycles. The van der Waals surface area contributed by atoms with Crippen molar-refractivity contribution >= 4 is 17.7 Å². The fourth-order valence-corrected chi connectivity index (χ4v) is 1.02. The third-order valence-corrected chi connectivity index (χ3v) is 1.93. The molecule has 0 aromatic carbocycles. The van der Waals surface area contributed by atoms with Crippen LogP contribution in [0.5, 0.6) is 0 Å². The molecule has 0 aliphatic rings. The summed E-state index contributed by atoms with van der Waals surface area (Å²) >= 11 is 0. The molecule has 1 heterocycles. The molecule has 0 saturated carbocycles. The zero-order valence-corrected chi connectivity index (χ0v) is 9.29. The maximum absolute atomic E-state index is 11.1. The molecule has 2 N–H and O–H groups in total. The van der Waals surface area contributed by atoms with Crippen LogP contribution in [0.15, 0.2) is 25.0 Å². The summed E-state index contributed by atoms with van der Waals surface area (Å²) in [6.07, 6.45) is 3.55. The number of hydrogen-bond donors (Lipinski definition) is 2. The molecular formula is C10H13N3O4. The van der Waals surface area contributed by atoms with Crippen LogP contribution < -0.4 is 5.32 Å². The molecule has 1 aromatic rings. The number of nitrogens with one attached hydrogen (secondary N) is 1. The van der Waals surface area contributed by atoms with Gasteiger partial charge in [-0.15, -0.1) is 0 Å². The van der Waals surface area contributed by atoms with E-state index in [-0.39, 0.29) is 6.61 Å². The van der Waals surface area contributed by atoms with Crippen molar-refractivity contribution in [2.45, 2.75) is 13.0 Å². The van der Waals surface area contributed by atoms with Crippen molar-refractivity contribution in [1.29, 1.82) is 0 Å². The van der Waals surface area contributed by atoms with E-state index in [1.807, 2.05) is 0 Å². The van der Waals surface area contributed by atoms with Gasteiger partial charge in [-0.2, -0.15) is 5.10 Å². The molecule has 0 saturated heterocycles. The largest absolute Gasteiger partial charge is 0.480 e. The summed E-state index contributed by atoms with van der Waals surface area (Å²) < 4.78 is 5.92. The second-order valence-electron chi connectivity index (χ2n) is 3.24. The van der Waals surface area contributed by atoms with Crippen molar-refractivity contribution in [3.63, 3.8) is 0 Å². The monoisotopic (exact) mass is 239 g/mol. The molecule has 1 unspecified atom stereocenters. The van der Waals surface area contributed by atoms with Crippen LogP contribution in [-0.4, -0.2) is 33.6 Å². The number of carboxylic acids is 1. The topological polar surface area (TPSA) is 93.5 Å². The first-order chi connectivity index (χ1) is 8.04. The lowest BCUT2D eigenvalue weighted by atomic mass is 10.3. The van der Waals surface area contributed by atoms with Crippen LogP contribution in [0.25, 0.3) is 0 Å². The minimum atomic E-state index is -1.01. The van der Waals surface area contributed by atoms with E-state index in [2.05, 4.69) is 17.0 Å². The van der Waals surface area contributed by atoms with E-state index in [1.165, 1.54) is 30.1 Å². The quantitative estimate of drug-likeness (QED) is 0.754. The van der Waals surface area contributed by atoms with Gasteiger partial charge in [-0.1, -0.05) is 12.7 Å². The van der Waals surface area contributed by atoms with E-state index in [0.717, 1.165) is 0 Å². The van der Waals surface area contributed by atoms with Gasteiger partial charge in [0.1, 0.15) is 12.6 Å². The smallest absolute Gasteiger partial charge is 0.412 e. The molecule has 0 fully saturated rings. The Morgan fingerprint density at radius 2 is 2.47 bits per heavy atom. The van der Waals surface area contributed by atoms with Crippen molar-refractivity contribution in [3.05, 3.63) is 25.0 Å². The van der Waals surface area contributed by atoms with E-state index in [9.17, 15) is 9.59 Å². The number of ether oxygens (including phenoxy) is 1. The standard InChI is InChI=1S/C10H13N3O4/c1-3-4-17-10(16)12-8-5-11-13(6-8)7(2)9(14)15/h3,5-7H,1,4H2,2H3,(H,12,16)(H,14,15). The third-order valence-electron chi connectivity index (χ3n) is 1.93. The zero-order chi connectivity index (χ0) is 12.8. The Kier molecular flexibility index (Phi) is 4.27. The van der Waals surface area contributed by atoms with Crippen LogP contribution >= 0.6 is 0 Å². The normalized spacial score (nSPS) is 11.6. The lowest BCUT2D eigenvalue weighted by Crippen LogP contribution is -2.16. The van der Waals surface area contributed by atoms with Gasteiger partial charge in [0.05, 0.1) is 11.9 Å². The number of amides is 1. The third kappa shape index (κ3) is 3.63. The Morgan fingerprint density at radius 3 is 3.06 bits per heavy atom. The van der Waals surface area contributed by atoms with Crippen LogP contribution in [0.4, 0.5) is 10.5 Å². The summed E-state index contributed by atoms with van der Waals surface area (Å²) in [5, 5.41) is 15.0. The van der Waals surface area contributed by atoms with Gasteiger partial charge in [-0.25, -0.2) is 9.59 Å². The number of carboxylic acid groups (broad SMARTS) is 1. The summed E-state index contributed by atoms with van der Waals surface area (Å²) in [7, 11) is 0. The van der Waals surface area contributed by atoms with Gasteiger partial charge in [0.2, 0.25) is 0 Å². The lowest BCUT2D eigenvalue weighted by Gasteiger charge is -2.05. The summed E-state index contributed by atoms with van der Waals surface area (Å²) in [4.78, 5) is 21.8. The number of anilines is 1. The number of aliphatic carboxylic acids is 1. The molecule has 0 radical (unpaired) electrons. The Morgan fingerprint density at radius 1 is 1.76 bits per heavy atom. The number of rotatable bonds is 5. The summed E-state index contributed by atoms with van der Waals surface area (Å²) in [6, 6.07) is -0.797. The van der Waals surface area contributed by atoms with Crippen molar-refractivity contribution < 1.29 is 19.4 Å². The molecule has 17 heavy (non-hydrogen) atoms. The first-order valence-electron chi connectivity index (χ1n) is 4.86. The Hall–Kier alpha value is -2.31. The molecule has 92 valence electrons. The number of carbonyl (C=O) groups is 2. The van der Waals surface area contributed by atoms with E-state index >= 15 is 0 Å². The maximum Gasteiger partial charge on any atom is 0.412 e. The summed E-state index contributed by atoms with van der Waals surface area (Å²) in [6.45, 7) is 4.98. The van der Waals surface area contributed by atoms with Gasteiger partial charge in [-0.05, 0) is 6.92 Å². The van der Waals surface area contributed by atoms with E-state index < -0.39 is 18.1 Å². The van der Waals surface area contributed by atoms with Gasteiger partial charge in [0.25, 0.3) is 0 Å². The fraction of sp³-hybridized carbons (Fsp3) is 0.300. The van der Waals surface area contributed by atoms with Crippen molar-refractivity contribution in [1.82, 2.24) is 9.78 Å². The predicted molar refractivity (Wildman–Crippen MR) is 59.7 cm³/mol. The van der Waals surface area contributed by atoms with E-state index in [1.54, 1.807) is 0 Å². The average Bonchev–Trinajstić information content (AvgIpc) is 2.73. The number of nitrogens with zero attached hydrogens (tertiary/aromatic N) is 2. The molecule has 1 atom stereocenters. The summed E-state index contributed by atoms with van der Waals surface area (Å²) in [5.41, 5.74) is 0.368. The average molecular weight is 239 g/mol. The highest BCUT2D eigenvalue weighted by atomic mass is 16.5. The maximum atomic E-state index is 11.1. The highest BCUT2D eigenvalue weighted by Crippen LogP contribution is 2.10. The molecule has 0 bridgehead atoms. The molecule has 1 amide bonds. The number of hydrogen-bond acceptors (Lipinski definition) is 4. The molecule has 7 heteroatoms. The van der Waals surface area contributed by atoms with Crippen LogP contribution in [0.1, 0.15) is 13.0 Å². The molecule has 1 aromatic heterocycles. The Bertz CT molecular complexity index is 427.